The lowest BCUT2D eigenvalue weighted by atomic mass is 10.2. The summed E-state index contributed by atoms with van der Waals surface area (Å²) in [4.78, 5) is 16.4. The monoisotopic (exact) mass is 288 g/mol. The minimum atomic E-state index is 0.992. The summed E-state index contributed by atoms with van der Waals surface area (Å²) in [6.45, 7) is 7.98. The van der Waals surface area contributed by atoms with Crippen LogP contribution < -0.4 is 4.90 Å². The van der Waals surface area contributed by atoms with Crippen molar-refractivity contribution in [1.29, 1.82) is 0 Å². The Morgan fingerprint density at radius 1 is 1.20 bits per heavy atom. The highest BCUT2D eigenvalue weighted by molar-refractivity contribution is 7.18. The Hall–Kier alpha value is -1.20. The highest BCUT2D eigenvalue weighted by Gasteiger charge is 2.27. The fourth-order valence-electron chi connectivity index (χ4n) is 3.02. The van der Waals surface area contributed by atoms with E-state index in [9.17, 15) is 0 Å². The third kappa shape index (κ3) is 2.40. The molecule has 1 saturated heterocycles. The van der Waals surface area contributed by atoms with E-state index in [2.05, 4.69) is 32.8 Å². The predicted molar refractivity (Wildman–Crippen MR) is 83.5 cm³/mol. The molecule has 2 aromatic heterocycles. The first-order valence-electron chi connectivity index (χ1n) is 7.48. The van der Waals surface area contributed by atoms with Gasteiger partial charge in [-0.05, 0) is 31.7 Å². The first-order chi connectivity index (χ1) is 9.79. The molecule has 0 atom stereocenters. The molecular formula is C15H20N4S. The van der Waals surface area contributed by atoms with Gasteiger partial charge in [0.1, 0.15) is 17.0 Å². The molecule has 4 rings (SSSR count). The highest BCUT2D eigenvalue weighted by atomic mass is 32.1. The molecule has 2 fully saturated rings. The molecule has 20 heavy (non-hydrogen) atoms. The first kappa shape index (κ1) is 12.5. The second-order valence-corrected chi connectivity index (χ2v) is 7.24. The first-order valence-corrected chi connectivity index (χ1v) is 8.30. The van der Waals surface area contributed by atoms with Crippen LogP contribution in [0.5, 0.6) is 0 Å². The Bertz CT molecular complexity index is 611. The summed E-state index contributed by atoms with van der Waals surface area (Å²) in [6.07, 6.45) is 4.60. The molecule has 2 aromatic rings. The SMILES string of the molecule is Cc1cc2c(N3CCN(CC4CC4)CC3)ncnc2s1. The van der Waals surface area contributed by atoms with Crippen molar-refractivity contribution in [1.82, 2.24) is 14.9 Å². The molecule has 0 aromatic carbocycles. The summed E-state index contributed by atoms with van der Waals surface area (Å²) >= 11 is 1.76. The molecule has 0 N–H and O–H groups in total. The van der Waals surface area contributed by atoms with E-state index >= 15 is 0 Å². The van der Waals surface area contributed by atoms with Gasteiger partial charge in [0.2, 0.25) is 0 Å². The average molecular weight is 288 g/mol. The number of fused-ring (bicyclic) bond motifs is 1. The molecule has 2 aliphatic rings. The zero-order valence-corrected chi connectivity index (χ0v) is 12.7. The van der Waals surface area contributed by atoms with Crippen LogP contribution >= 0.6 is 11.3 Å². The number of rotatable bonds is 3. The second kappa shape index (κ2) is 4.97. The Morgan fingerprint density at radius 3 is 2.75 bits per heavy atom. The number of piperazine rings is 1. The van der Waals surface area contributed by atoms with Gasteiger partial charge < -0.3 is 4.90 Å². The second-order valence-electron chi connectivity index (χ2n) is 6.00. The molecule has 106 valence electrons. The molecule has 1 aliphatic carbocycles. The lowest BCUT2D eigenvalue weighted by molar-refractivity contribution is 0.248. The van der Waals surface area contributed by atoms with Crippen LogP contribution in [0, 0.1) is 12.8 Å². The Balaban J connectivity index is 1.52. The fourth-order valence-corrected chi connectivity index (χ4v) is 3.87. The zero-order chi connectivity index (χ0) is 13.5. The van der Waals surface area contributed by atoms with Gasteiger partial charge in [0, 0.05) is 37.6 Å². The maximum atomic E-state index is 4.55. The standard InChI is InChI=1S/C15H20N4S/c1-11-8-13-14(16-10-17-15(13)20-11)19-6-4-18(5-7-19)9-12-2-3-12/h8,10,12H,2-7,9H2,1H3. The van der Waals surface area contributed by atoms with Crippen LogP contribution in [0.4, 0.5) is 5.82 Å². The third-order valence-electron chi connectivity index (χ3n) is 4.32. The van der Waals surface area contributed by atoms with Crippen molar-refractivity contribution in [2.45, 2.75) is 19.8 Å². The van der Waals surface area contributed by atoms with Gasteiger partial charge in [-0.15, -0.1) is 11.3 Å². The topological polar surface area (TPSA) is 32.3 Å². The van der Waals surface area contributed by atoms with Gasteiger partial charge in [-0.1, -0.05) is 0 Å². The molecule has 0 spiro atoms. The van der Waals surface area contributed by atoms with Crippen LogP contribution in [0.1, 0.15) is 17.7 Å². The molecule has 3 heterocycles. The van der Waals surface area contributed by atoms with Crippen LogP contribution in [0.15, 0.2) is 12.4 Å². The van der Waals surface area contributed by atoms with Crippen LogP contribution in [0.3, 0.4) is 0 Å². The molecule has 5 heteroatoms. The maximum Gasteiger partial charge on any atom is 0.140 e. The Morgan fingerprint density at radius 2 is 2.00 bits per heavy atom. The summed E-state index contributed by atoms with van der Waals surface area (Å²) in [7, 11) is 0. The zero-order valence-electron chi connectivity index (χ0n) is 11.9. The van der Waals surface area contributed by atoms with Gasteiger partial charge in [0.25, 0.3) is 0 Å². The minimum Gasteiger partial charge on any atom is -0.353 e. The van der Waals surface area contributed by atoms with Gasteiger partial charge in [-0.25, -0.2) is 9.97 Å². The van der Waals surface area contributed by atoms with E-state index in [1.54, 1.807) is 17.7 Å². The van der Waals surface area contributed by atoms with Crippen molar-refractivity contribution in [3.63, 3.8) is 0 Å². The molecule has 1 aliphatic heterocycles. The van der Waals surface area contributed by atoms with E-state index in [1.165, 1.54) is 42.7 Å². The van der Waals surface area contributed by atoms with E-state index in [0.717, 1.165) is 29.7 Å². The van der Waals surface area contributed by atoms with E-state index < -0.39 is 0 Å². The van der Waals surface area contributed by atoms with Gasteiger partial charge in [-0.3, -0.25) is 4.90 Å². The van der Waals surface area contributed by atoms with Crippen molar-refractivity contribution in [3.8, 4) is 0 Å². The minimum absolute atomic E-state index is 0.992. The number of hydrogen-bond donors (Lipinski definition) is 0. The summed E-state index contributed by atoms with van der Waals surface area (Å²) in [6, 6.07) is 2.23. The molecule has 0 radical (unpaired) electrons. The number of hydrogen-bond acceptors (Lipinski definition) is 5. The summed E-state index contributed by atoms with van der Waals surface area (Å²) in [5.41, 5.74) is 0. The van der Waals surface area contributed by atoms with Crippen molar-refractivity contribution < 1.29 is 0 Å². The van der Waals surface area contributed by atoms with Gasteiger partial charge >= 0.3 is 0 Å². The smallest absolute Gasteiger partial charge is 0.140 e. The van der Waals surface area contributed by atoms with Crippen molar-refractivity contribution in [3.05, 3.63) is 17.3 Å². The molecule has 0 bridgehead atoms. The number of aromatic nitrogens is 2. The third-order valence-corrected chi connectivity index (χ3v) is 5.28. The van der Waals surface area contributed by atoms with Crippen molar-refractivity contribution >= 4 is 27.4 Å². The van der Waals surface area contributed by atoms with Gasteiger partial charge in [0.05, 0.1) is 5.39 Å². The van der Waals surface area contributed by atoms with Gasteiger partial charge in [-0.2, -0.15) is 0 Å². The molecular weight excluding hydrogens is 268 g/mol. The largest absolute Gasteiger partial charge is 0.353 e. The Kier molecular flexibility index (Phi) is 3.11. The molecule has 1 saturated carbocycles. The number of nitrogens with zero attached hydrogens (tertiary/aromatic N) is 4. The molecule has 4 nitrogen and oxygen atoms in total. The van der Waals surface area contributed by atoms with Crippen LogP contribution in [0.25, 0.3) is 10.2 Å². The quantitative estimate of drug-likeness (QED) is 0.869. The lowest BCUT2D eigenvalue weighted by Gasteiger charge is -2.35. The Labute approximate surface area is 123 Å². The van der Waals surface area contributed by atoms with Crippen LogP contribution in [0.2, 0.25) is 0 Å². The maximum absolute atomic E-state index is 4.55. The lowest BCUT2D eigenvalue weighted by Crippen LogP contribution is -2.47. The predicted octanol–water partition coefficient (Wildman–Crippen LogP) is 2.53. The fraction of sp³-hybridized carbons (Fsp3) is 0.600. The van der Waals surface area contributed by atoms with Crippen molar-refractivity contribution in [2.75, 3.05) is 37.6 Å². The number of aryl methyl sites for hydroxylation is 1. The molecule has 0 amide bonds. The highest BCUT2D eigenvalue weighted by Crippen LogP contribution is 2.32. The summed E-state index contributed by atoms with van der Waals surface area (Å²) < 4.78 is 0. The van der Waals surface area contributed by atoms with E-state index in [4.69, 9.17) is 0 Å². The summed E-state index contributed by atoms with van der Waals surface area (Å²) in [5.74, 6) is 2.12. The molecule has 0 unspecified atom stereocenters. The average Bonchev–Trinajstić information content (AvgIpc) is 3.17. The normalized spacial score (nSPS) is 20.8. The summed E-state index contributed by atoms with van der Waals surface area (Å²) in [5, 5.41) is 1.23. The van der Waals surface area contributed by atoms with E-state index in [1.807, 2.05) is 0 Å². The number of anilines is 1. The van der Waals surface area contributed by atoms with Crippen molar-refractivity contribution in [2.24, 2.45) is 5.92 Å². The van der Waals surface area contributed by atoms with E-state index in [0.29, 0.717) is 0 Å². The van der Waals surface area contributed by atoms with Gasteiger partial charge in [0.15, 0.2) is 0 Å². The van der Waals surface area contributed by atoms with E-state index in [-0.39, 0.29) is 0 Å². The van der Waals surface area contributed by atoms with Crippen LogP contribution in [-0.4, -0.2) is 47.6 Å². The van der Waals surface area contributed by atoms with Crippen LogP contribution in [-0.2, 0) is 0 Å². The number of thiophene rings is 1.